The average molecular weight is 125 g/mol. The monoisotopic (exact) mass is 125 g/mol. The van der Waals surface area contributed by atoms with E-state index in [1.54, 1.807) is 6.07 Å². The van der Waals surface area contributed by atoms with E-state index in [0.29, 0.717) is 5.69 Å². The Morgan fingerprint density at radius 2 is 2.67 bits per heavy atom. The molecule has 1 rings (SSSR count). The fraction of sp³-hybridized carbons (Fsp3) is 0. The summed E-state index contributed by atoms with van der Waals surface area (Å²) in [6.45, 7) is 0. The van der Waals surface area contributed by atoms with Gasteiger partial charge in [-0.05, 0) is 0 Å². The van der Waals surface area contributed by atoms with Gasteiger partial charge in [-0.1, -0.05) is 5.16 Å². The number of hydrogen-bond acceptors (Lipinski definition) is 3. The highest BCUT2D eigenvalue weighted by atomic mass is 16.5. The number of carbonyl (C=O) groups is 1. The summed E-state index contributed by atoms with van der Waals surface area (Å²) in [5.41, 5.74) is 5.25. The first kappa shape index (κ1) is 5.81. The average Bonchev–Trinajstić information content (AvgIpc) is 2.15. The molecule has 1 heterocycles. The molecule has 0 saturated carbocycles. The third-order valence-electron chi connectivity index (χ3n) is 0.748. The van der Waals surface area contributed by atoms with Crippen LogP contribution in [0.25, 0.3) is 0 Å². The van der Waals surface area contributed by atoms with Crippen LogP contribution in [0.4, 0.5) is 0 Å². The lowest BCUT2D eigenvalue weighted by atomic mass is 10.3. The highest BCUT2D eigenvalue weighted by Gasteiger charge is 1.99. The lowest BCUT2D eigenvalue weighted by Crippen LogP contribution is -2.11. The largest absolute Gasteiger partial charge is 0.369 e. The third-order valence-corrected chi connectivity index (χ3v) is 0.748. The Balaban J connectivity index is 2.58. The molecule has 0 aliphatic rings. The Labute approximate surface area is 51.6 Å². The molecule has 0 aromatic carbocycles. The van der Waals surface area contributed by atoms with Gasteiger partial charge in [0, 0.05) is 6.07 Å². The highest BCUT2D eigenvalue weighted by Crippen LogP contribution is 1.95. The summed E-state index contributed by atoms with van der Waals surface area (Å²) in [6, 6.07) is 1.55. The van der Waals surface area contributed by atoms with E-state index in [1.165, 1.54) is 12.7 Å². The quantitative estimate of drug-likeness (QED) is 0.590. The van der Waals surface area contributed by atoms with Gasteiger partial charge < -0.3 is 10.3 Å². The maximum Gasteiger partial charge on any atom is 0.227 e. The third kappa shape index (κ3) is 1.56. The van der Waals surface area contributed by atoms with Crippen LogP contribution in [0, 0.1) is 6.42 Å². The van der Waals surface area contributed by atoms with Crippen molar-refractivity contribution in [2.24, 2.45) is 5.73 Å². The van der Waals surface area contributed by atoms with Gasteiger partial charge in [-0.3, -0.25) is 4.79 Å². The normalized spacial score (nSPS) is 9.33. The van der Waals surface area contributed by atoms with Crippen LogP contribution in [0.3, 0.4) is 0 Å². The number of amides is 1. The van der Waals surface area contributed by atoms with Crippen molar-refractivity contribution in [3.8, 4) is 0 Å². The fourth-order valence-corrected chi connectivity index (χ4v) is 0.442. The van der Waals surface area contributed by atoms with Crippen molar-refractivity contribution in [3.05, 3.63) is 24.4 Å². The molecule has 47 valence electrons. The molecule has 0 unspecified atom stereocenters. The number of aromatic nitrogens is 1. The summed E-state index contributed by atoms with van der Waals surface area (Å²) in [7, 11) is 0. The van der Waals surface area contributed by atoms with E-state index in [-0.39, 0.29) is 0 Å². The van der Waals surface area contributed by atoms with Gasteiger partial charge in [0.25, 0.3) is 0 Å². The number of rotatable bonds is 2. The van der Waals surface area contributed by atoms with E-state index in [4.69, 9.17) is 5.73 Å². The van der Waals surface area contributed by atoms with Gasteiger partial charge in [0.05, 0.1) is 5.69 Å². The molecule has 1 radical (unpaired) electrons. The van der Waals surface area contributed by atoms with Crippen molar-refractivity contribution in [2.45, 2.75) is 0 Å². The molecule has 2 N–H and O–H groups in total. The SMILES string of the molecule is NC(=O)[CH]c1ccon1. The van der Waals surface area contributed by atoms with E-state index in [2.05, 4.69) is 9.68 Å². The van der Waals surface area contributed by atoms with Crippen LogP contribution in [-0.2, 0) is 4.79 Å². The molecule has 9 heavy (non-hydrogen) atoms. The number of hydrogen-bond donors (Lipinski definition) is 1. The summed E-state index contributed by atoms with van der Waals surface area (Å²) in [6.07, 6.45) is 2.55. The van der Waals surface area contributed by atoms with E-state index in [0.717, 1.165) is 0 Å². The van der Waals surface area contributed by atoms with E-state index in [9.17, 15) is 4.79 Å². The summed E-state index contributed by atoms with van der Waals surface area (Å²) in [4.78, 5) is 10.2. The zero-order valence-corrected chi connectivity index (χ0v) is 4.57. The number of nitrogens with two attached hydrogens (primary N) is 1. The topological polar surface area (TPSA) is 69.1 Å². The standard InChI is InChI=1S/C5H5N2O2/c6-5(8)3-4-1-2-9-7-4/h1-3H,(H2,6,8). The molecule has 1 aromatic rings. The minimum atomic E-state index is -0.524. The molecule has 1 amide bonds. The summed E-state index contributed by atoms with van der Waals surface area (Å²) in [5.74, 6) is -0.524. The first-order chi connectivity index (χ1) is 4.29. The van der Waals surface area contributed by atoms with Crippen molar-refractivity contribution in [1.82, 2.24) is 5.16 Å². The molecule has 0 saturated heterocycles. The first-order valence-electron chi connectivity index (χ1n) is 2.33. The Hall–Kier alpha value is -1.32. The Bertz CT molecular complexity index is 193. The molecular formula is C5H5N2O2. The Morgan fingerprint density at radius 3 is 3.11 bits per heavy atom. The molecule has 4 nitrogen and oxygen atoms in total. The predicted octanol–water partition coefficient (Wildman–Crippen LogP) is -0.288. The number of nitrogens with zero attached hydrogens (tertiary/aromatic N) is 1. The zero-order chi connectivity index (χ0) is 6.69. The minimum Gasteiger partial charge on any atom is -0.369 e. The second kappa shape index (κ2) is 2.30. The van der Waals surface area contributed by atoms with Gasteiger partial charge in [0.2, 0.25) is 5.91 Å². The molecule has 0 atom stereocenters. The van der Waals surface area contributed by atoms with E-state index < -0.39 is 5.91 Å². The van der Waals surface area contributed by atoms with Crippen molar-refractivity contribution in [3.63, 3.8) is 0 Å². The van der Waals surface area contributed by atoms with Crippen LogP contribution in [0.1, 0.15) is 5.69 Å². The molecule has 4 heteroatoms. The number of primary amides is 1. The molecule has 0 spiro atoms. The first-order valence-corrected chi connectivity index (χ1v) is 2.33. The predicted molar refractivity (Wildman–Crippen MR) is 29.1 cm³/mol. The minimum absolute atomic E-state index is 0.447. The second-order valence-corrected chi connectivity index (χ2v) is 1.47. The van der Waals surface area contributed by atoms with Gasteiger partial charge in [-0.25, -0.2) is 0 Å². The van der Waals surface area contributed by atoms with Gasteiger partial charge in [0.1, 0.15) is 12.7 Å². The smallest absolute Gasteiger partial charge is 0.227 e. The molecule has 0 aliphatic heterocycles. The molecule has 0 bridgehead atoms. The van der Waals surface area contributed by atoms with Crippen LogP contribution < -0.4 is 5.73 Å². The van der Waals surface area contributed by atoms with Crippen LogP contribution in [-0.4, -0.2) is 11.1 Å². The second-order valence-electron chi connectivity index (χ2n) is 1.47. The molecule has 0 aliphatic carbocycles. The maximum absolute atomic E-state index is 10.2. The van der Waals surface area contributed by atoms with Gasteiger partial charge >= 0.3 is 0 Å². The maximum atomic E-state index is 10.2. The van der Waals surface area contributed by atoms with Crippen LogP contribution in [0.5, 0.6) is 0 Å². The summed E-state index contributed by atoms with van der Waals surface area (Å²) < 4.78 is 4.43. The highest BCUT2D eigenvalue weighted by molar-refractivity contribution is 5.86. The lowest BCUT2D eigenvalue weighted by molar-refractivity contribution is -0.114. The van der Waals surface area contributed by atoms with Crippen molar-refractivity contribution in [1.29, 1.82) is 0 Å². The summed E-state index contributed by atoms with van der Waals surface area (Å²) >= 11 is 0. The lowest BCUT2D eigenvalue weighted by Gasteiger charge is -1.82. The Kier molecular flexibility index (Phi) is 1.48. The van der Waals surface area contributed by atoms with Crippen LogP contribution in [0.15, 0.2) is 16.9 Å². The van der Waals surface area contributed by atoms with E-state index in [1.807, 2.05) is 0 Å². The molecule has 0 fully saturated rings. The van der Waals surface area contributed by atoms with Crippen molar-refractivity contribution < 1.29 is 9.32 Å². The van der Waals surface area contributed by atoms with Gasteiger partial charge in [0.15, 0.2) is 0 Å². The molecule has 1 aromatic heterocycles. The number of carbonyl (C=O) groups excluding carboxylic acids is 1. The van der Waals surface area contributed by atoms with Crippen molar-refractivity contribution in [2.75, 3.05) is 0 Å². The summed E-state index contributed by atoms with van der Waals surface area (Å²) in [5, 5.41) is 3.42. The van der Waals surface area contributed by atoms with Gasteiger partial charge in [-0.15, -0.1) is 0 Å². The Morgan fingerprint density at radius 1 is 1.89 bits per heavy atom. The van der Waals surface area contributed by atoms with E-state index >= 15 is 0 Å². The van der Waals surface area contributed by atoms with Crippen molar-refractivity contribution >= 4 is 5.91 Å². The zero-order valence-electron chi connectivity index (χ0n) is 4.57. The fourth-order valence-electron chi connectivity index (χ4n) is 0.442. The van der Waals surface area contributed by atoms with Crippen LogP contribution >= 0.6 is 0 Å². The molecular weight excluding hydrogens is 120 g/mol. The van der Waals surface area contributed by atoms with Crippen LogP contribution in [0.2, 0.25) is 0 Å². The van der Waals surface area contributed by atoms with Gasteiger partial charge in [-0.2, -0.15) is 0 Å².